The van der Waals surface area contributed by atoms with E-state index in [-0.39, 0.29) is 28.9 Å². The van der Waals surface area contributed by atoms with Gasteiger partial charge in [-0.1, -0.05) is 61.3 Å². The fourth-order valence-corrected chi connectivity index (χ4v) is 5.39. The minimum absolute atomic E-state index is 0.0240. The van der Waals surface area contributed by atoms with E-state index in [0.717, 1.165) is 6.07 Å². The van der Waals surface area contributed by atoms with E-state index in [1.54, 1.807) is 41.9 Å². The van der Waals surface area contributed by atoms with E-state index in [1.165, 1.54) is 24.1 Å². The van der Waals surface area contributed by atoms with Crippen molar-refractivity contribution in [2.45, 2.75) is 32.4 Å². The number of carbonyl (C=O) groups excluding carboxylic acids is 2. The number of fused-ring (bicyclic) bond motifs is 1. The molecule has 1 aliphatic rings. The normalized spacial score (nSPS) is 16.2. The summed E-state index contributed by atoms with van der Waals surface area (Å²) in [7, 11) is 1.54. The maximum atomic E-state index is 14.4. The van der Waals surface area contributed by atoms with E-state index in [9.17, 15) is 14.0 Å². The Morgan fingerprint density at radius 1 is 1.07 bits per heavy atom. The molecule has 5 rings (SSSR count). The number of nitrogens with zero attached hydrogens (tertiary/aromatic N) is 3. The van der Waals surface area contributed by atoms with E-state index in [2.05, 4.69) is 0 Å². The van der Waals surface area contributed by atoms with Gasteiger partial charge in [-0.2, -0.15) is 5.10 Å². The molecule has 0 N–H and O–H groups in total. The lowest BCUT2D eigenvalue weighted by Gasteiger charge is -2.39. The molecule has 8 nitrogen and oxygen atoms in total. The molecule has 0 aliphatic carbocycles. The standard InChI is InChI=1S/C30H26Cl2FN3O5/c1-5-40-29(38)41-30(18-10-12-19(31)13-11-18)25-26(28(37)35(30)20-14-15-22(33)21(32)16-20)34-36(27(25)17(2)3)23-8-6-7-9-24(23)39-4/h6-17H,5H2,1-4H3. The van der Waals surface area contributed by atoms with Gasteiger partial charge in [-0.05, 0) is 55.3 Å². The monoisotopic (exact) mass is 597 g/mol. The Morgan fingerprint density at radius 3 is 2.41 bits per heavy atom. The minimum Gasteiger partial charge on any atom is -0.494 e. The van der Waals surface area contributed by atoms with Crippen LogP contribution in [-0.2, 0) is 15.2 Å². The third-order valence-corrected chi connectivity index (χ3v) is 7.27. The number of rotatable bonds is 7. The summed E-state index contributed by atoms with van der Waals surface area (Å²) in [6.07, 6.45) is -1.03. The molecule has 11 heteroatoms. The first-order valence-electron chi connectivity index (χ1n) is 12.8. The lowest BCUT2D eigenvalue weighted by molar-refractivity contribution is -0.0118. The minimum atomic E-state index is -1.93. The van der Waals surface area contributed by atoms with Crippen molar-refractivity contribution in [1.29, 1.82) is 0 Å². The number of anilines is 1. The highest BCUT2D eigenvalue weighted by atomic mass is 35.5. The highest BCUT2D eigenvalue weighted by molar-refractivity contribution is 6.31. The summed E-state index contributed by atoms with van der Waals surface area (Å²) < 4.78 is 32.9. The summed E-state index contributed by atoms with van der Waals surface area (Å²) in [5.41, 5.74) is 0.135. The van der Waals surface area contributed by atoms with Crippen LogP contribution in [0.2, 0.25) is 10.0 Å². The van der Waals surface area contributed by atoms with Crippen LogP contribution in [0.1, 0.15) is 54.0 Å². The first-order chi connectivity index (χ1) is 19.6. The molecule has 4 aromatic rings. The predicted molar refractivity (Wildman–Crippen MR) is 153 cm³/mol. The van der Waals surface area contributed by atoms with Gasteiger partial charge in [0.1, 0.15) is 17.3 Å². The number of aromatic nitrogens is 2. The van der Waals surface area contributed by atoms with Crippen molar-refractivity contribution < 1.29 is 28.2 Å². The first-order valence-corrected chi connectivity index (χ1v) is 13.6. The Bertz CT molecular complexity index is 1640. The van der Waals surface area contributed by atoms with Gasteiger partial charge < -0.3 is 14.2 Å². The van der Waals surface area contributed by atoms with Crippen molar-refractivity contribution in [3.63, 3.8) is 0 Å². The zero-order chi connectivity index (χ0) is 29.5. The second-order valence-electron chi connectivity index (χ2n) is 9.52. The van der Waals surface area contributed by atoms with E-state index in [1.807, 2.05) is 32.0 Å². The van der Waals surface area contributed by atoms with Crippen molar-refractivity contribution in [3.8, 4) is 11.4 Å². The zero-order valence-electron chi connectivity index (χ0n) is 22.7. The van der Waals surface area contributed by atoms with Gasteiger partial charge >= 0.3 is 6.16 Å². The lowest BCUT2D eigenvalue weighted by Crippen LogP contribution is -2.49. The summed E-state index contributed by atoms with van der Waals surface area (Å²) in [6.45, 7) is 5.53. The molecule has 0 spiro atoms. The van der Waals surface area contributed by atoms with Crippen LogP contribution in [0.25, 0.3) is 5.69 Å². The molecule has 0 bridgehead atoms. The molecule has 1 aliphatic heterocycles. The number of para-hydroxylation sites is 2. The highest BCUT2D eigenvalue weighted by Gasteiger charge is 2.60. The number of hydrogen-bond donors (Lipinski definition) is 0. The van der Waals surface area contributed by atoms with Gasteiger partial charge in [-0.3, -0.25) is 9.69 Å². The van der Waals surface area contributed by atoms with Crippen molar-refractivity contribution >= 4 is 41.0 Å². The Balaban J connectivity index is 1.91. The van der Waals surface area contributed by atoms with Crippen LogP contribution in [0.3, 0.4) is 0 Å². The second kappa shape index (κ2) is 11.1. The molecule has 2 heterocycles. The van der Waals surface area contributed by atoms with Crippen molar-refractivity contribution in [2.75, 3.05) is 18.6 Å². The molecule has 1 atom stereocenters. The highest BCUT2D eigenvalue weighted by Crippen LogP contribution is 2.51. The van der Waals surface area contributed by atoms with Crippen LogP contribution < -0.4 is 9.64 Å². The Labute approximate surface area is 246 Å². The van der Waals surface area contributed by atoms with Crippen LogP contribution in [0.4, 0.5) is 14.9 Å². The number of benzene rings is 3. The summed E-state index contributed by atoms with van der Waals surface area (Å²) in [4.78, 5) is 28.8. The molecule has 0 radical (unpaired) electrons. The van der Waals surface area contributed by atoms with Crippen LogP contribution in [0, 0.1) is 5.82 Å². The number of halogens is 3. The number of amides is 1. The second-order valence-corrected chi connectivity index (χ2v) is 10.4. The van der Waals surface area contributed by atoms with Crippen LogP contribution in [0.15, 0.2) is 66.7 Å². The number of hydrogen-bond acceptors (Lipinski definition) is 6. The summed E-state index contributed by atoms with van der Waals surface area (Å²) >= 11 is 12.4. The average molecular weight is 598 g/mol. The number of carbonyl (C=O) groups is 2. The molecular weight excluding hydrogens is 572 g/mol. The van der Waals surface area contributed by atoms with E-state index < -0.39 is 23.6 Å². The van der Waals surface area contributed by atoms with Gasteiger partial charge in [0.2, 0.25) is 0 Å². The Kier molecular flexibility index (Phi) is 7.68. The average Bonchev–Trinajstić information content (AvgIpc) is 3.45. The lowest BCUT2D eigenvalue weighted by atomic mass is 9.90. The zero-order valence-corrected chi connectivity index (χ0v) is 24.2. The third kappa shape index (κ3) is 4.69. The SMILES string of the molecule is CCOC(=O)OC1(c2ccc(Cl)cc2)c2c(nn(-c3ccccc3OC)c2C(C)C)C(=O)N1c1ccc(F)c(Cl)c1. The van der Waals surface area contributed by atoms with Gasteiger partial charge in [-0.25, -0.2) is 13.9 Å². The van der Waals surface area contributed by atoms with Gasteiger partial charge in [0, 0.05) is 10.6 Å². The molecule has 1 amide bonds. The first kappa shape index (κ1) is 28.4. The van der Waals surface area contributed by atoms with E-state index >= 15 is 0 Å². The quantitative estimate of drug-likeness (QED) is 0.205. The number of methoxy groups -OCH3 is 1. The summed E-state index contributed by atoms with van der Waals surface area (Å²) in [6, 6.07) is 17.6. The van der Waals surface area contributed by atoms with Crippen molar-refractivity contribution in [1.82, 2.24) is 9.78 Å². The predicted octanol–water partition coefficient (Wildman–Crippen LogP) is 7.48. The topological polar surface area (TPSA) is 82.9 Å². The Morgan fingerprint density at radius 2 is 1.78 bits per heavy atom. The molecule has 41 heavy (non-hydrogen) atoms. The van der Waals surface area contributed by atoms with Crippen molar-refractivity contribution in [2.24, 2.45) is 0 Å². The molecule has 3 aromatic carbocycles. The number of ether oxygens (including phenoxy) is 3. The molecule has 1 unspecified atom stereocenters. The molecule has 0 saturated carbocycles. The molecular formula is C30H26Cl2FN3O5. The molecule has 1 aromatic heterocycles. The summed E-state index contributed by atoms with van der Waals surface area (Å²) in [5.74, 6) is -0.989. The summed E-state index contributed by atoms with van der Waals surface area (Å²) in [5, 5.41) is 4.97. The van der Waals surface area contributed by atoms with Crippen LogP contribution in [-0.4, -0.2) is 35.6 Å². The Hall–Kier alpha value is -4.08. The van der Waals surface area contributed by atoms with Crippen LogP contribution >= 0.6 is 23.2 Å². The maximum Gasteiger partial charge on any atom is 0.510 e. The van der Waals surface area contributed by atoms with Gasteiger partial charge in [0.05, 0.1) is 35.7 Å². The largest absolute Gasteiger partial charge is 0.510 e. The van der Waals surface area contributed by atoms with Crippen LogP contribution in [0.5, 0.6) is 5.75 Å². The van der Waals surface area contributed by atoms with Gasteiger partial charge in [0.25, 0.3) is 11.6 Å². The molecule has 212 valence electrons. The van der Waals surface area contributed by atoms with Crippen molar-refractivity contribution in [3.05, 3.63) is 105 Å². The third-order valence-electron chi connectivity index (χ3n) is 6.73. The van der Waals surface area contributed by atoms with E-state index in [4.69, 9.17) is 42.5 Å². The fourth-order valence-electron chi connectivity index (χ4n) is 5.09. The van der Waals surface area contributed by atoms with Gasteiger partial charge in [0.15, 0.2) is 5.69 Å². The molecule has 0 fully saturated rings. The molecule has 0 saturated heterocycles. The smallest absolute Gasteiger partial charge is 0.494 e. The fraction of sp³-hybridized carbons (Fsp3) is 0.233. The maximum absolute atomic E-state index is 14.4. The van der Waals surface area contributed by atoms with E-state index in [0.29, 0.717) is 33.3 Å². The van der Waals surface area contributed by atoms with Gasteiger partial charge in [-0.15, -0.1) is 0 Å².